The number of amides is 2. The van der Waals surface area contributed by atoms with E-state index < -0.39 is 0 Å². The summed E-state index contributed by atoms with van der Waals surface area (Å²) in [6.07, 6.45) is 8.60. The van der Waals surface area contributed by atoms with Crippen LogP contribution in [0.25, 0.3) is 0 Å². The van der Waals surface area contributed by atoms with E-state index in [0.717, 1.165) is 24.3 Å². The highest BCUT2D eigenvalue weighted by molar-refractivity contribution is 7.12. The second kappa shape index (κ2) is 6.51. The Balaban J connectivity index is 1.20. The van der Waals surface area contributed by atoms with Crippen molar-refractivity contribution in [1.82, 2.24) is 10.6 Å². The highest BCUT2D eigenvalue weighted by Crippen LogP contribution is 2.59. The van der Waals surface area contributed by atoms with Crippen LogP contribution in [0.5, 0.6) is 0 Å². The molecule has 0 saturated heterocycles. The Labute approximate surface area is 147 Å². The van der Waals surface area contributed by atoms with Gasteiger partial charge in [-0.2, -0.15) is 0 Å². The zero-order chi connectivity index (χ0) is 16.6. The van der Waals surface area contributed by atoms with Crippen LogP contribution in [-0.2, 0) is 4.79 Å². The molecule has 0 unspecified atom stereocenters. The van der Waals surface area contributed by atoms with Gasteiger partial charge in [0.1, 0.15) is 0 Å². The number of rotatable bonds is 6. The maximum Gasteiger partial charge on any atom is 0.261 e. The first kappa shape index (κ1) is 16.1. The molecule has 0 radical (unpaired) electrons. The van der Waals surface area contributed by atoms with Gasteiger partial charge in [0.25, 0.3) is 5.91 Å². The van der Waals surface area contributed by atoms with Crippen LogP contribution < -0.4 is 10.6 Å². The number of carbonyl (C=O) groups excluding carboxylic acids is 2. The summed E-state index contributed by atoms with van der Waals surface area (Å²) < 4.78 is 0. The number of nitrogens with one attached hydrogen (secondary N) is 2. The highest BCUT2D eigenvalue weighted by Gasteiger charge is 2.50. The van der Waals surface area contributed by atoms with E-state index in [9.17, 15) is 9.59 Å². The lowest BCUT2D eigenvalue weighted by molar-refractivity contribution is -0.123. The molecule has 0 spiro atoms. The first-order valence-corrected chi connectivity index (χ1v) is 10.1. The van der Waals surface area contributed by atoms with Crippen LogP contribution in [0.3, 0.4) is 0 Å². The Morgan fingerprint density at radius 1 is 1.08 bits per heavy atom. The lowest BCUT2D eigenvalue weighted by atomic mass is 9.49. The summed E-state index contributed by atoms with van der Waals surface area (Å²) in [6.45, 7) is 1.25. The fourth-order valence-corrected chi connectivity index (χ4v) is 6.31. The third kappa shape index (κ3) is 3.37. The molecule has 0 aliphatic heterocycles. The van der Waals surface area contributed by atoms with Crippen molar-refractivity contribution in [3.8, 4) is 0 Å². The minimum atomic E-state index is -0.0844. The van der Waals surface area contributed by atoms with Gasteiger partial charge in [0.2, 0.25) is 5.91 Å². The van der Waals surface area contributed by atoms with Crippen LogP contribution >= 0.6 is 11.3 Å². The van der Waals surface area contributed by atoms with E-state index in [1.54, 1.807) is 6.07 Å². The summed E-state index contributed by atoms with van der Waals surface area (Å²) in [5.41, 5.74) is 0.380. The number of hydrogen-bond acceptors (Lipinski definition) is 3. The molecule has 2 N–H and O–H groups in total. The van der Waals surface area contributed by atoms with Crippen LogP contribution in [0.4, 0.5) is 0 Å². The predicted molar refractivity (Wildman–Crippen MR) is 94.9 cm³/mol. The van der Waals surface area contributed by atoms with E-state index in [1.807, 2.05) is 11.4 Å². The molecule has 4 aliphatic carbocycles. The summed E-state index contributed by atoms with van der Waals surface area (Å²) in [5, 5.41) is 7.86. The Morgan fingerprint density at radius 3 is 2.33 bits per heavy atom. The van der Waals surface area contributed by atoms with Crippen molar-refractivity contribution in [3.63, 3.8) is 0 Å². The summed E-state index contributed by atoms with van der Waals surface area (Å²) in [6, 6.07) is 3.66. The normalized spacial score (nSPS) is 33.4. The van der Waals surface area contributed by atoms with Gasteiger partial charge in [-0.05, 0) is 73.1 Å². The molecule has 130 valence electrons. The second-order valence-corrected chi connectivity index (χ2v) is 9.13. The quantitative estimate of drug-likeness (QED) is 0.831. The number of thiophene rings is 1. The van der Waals surface area contributed by atoms with Crippen LogP contribution in [-0.4, -0.2) is 24.9 Å². The average Bonchev–Trinajstić information content (AvgIpc) is 3.06. The van der Waals surface area contributed by atoms with E-state index in [0.29, 0.717) is 23.3 Å². The van der Waals surface area contributed by atoms with Gasteiger partial charge in [0.15, 0.2) is 0 Å². The van der Waals surface area contributed by atoms with Crippen molar-refractivity contribution in [2.24, 2.45) is 23.2 Å². The third-order valence-corrected chi connectivity index (χ3v) is 7.08. The lowest BCUT2D eigenvalue weighted by Gasteiger charge is -2.56. The minimum absolute atomic E-state index is 0.0669. The molecule has 0 aromatic carbocycles. The second-order valence-electron chi connectivity index (χ2n) is 8.18. The molecular formula is C19H26N2O2S. The summed E-state index contributed by atoms with van der Waals surface area (Å²) >= 11 is 1.42. The van der Waals surface area contributed by atoms with Crippen molar-refractivity contribution < 1.29 is 9.59 Å². The number of carbonyl (C=O) groups is 2. The Kier molecular flexibility index (Phi) is 4.37. The molecule has 1 aromatic heterocycles. The van der Waals surface area contributed by atoms with E-state index in [1.165, 1.54) is 49.9 Å². The molecule has 4 bridgehead atoms. The molecule has 1 aromatic rings. The van der Waals surface area contributed by atoms with Gasteiger partial charge in [0, 0.05) is 19.5 Å². The van der Waals surface area contributed by atoms with Crippen molar-refractivity contribution in [3.05, 3.63) is 22.4 Å². The van der Waals surface area contributed by atoms with Crippen molar-refractivity contribution in [2.45, 2.75) is 44.9 Å². The molecule has 1 heterocycles. The molecule has 4 saturated carbocycles. The van der Waals surface area contributed by atoms with Gasteiger partial charge in [-0.1, -0.05) is 6.07 Å². The molecule has 4 fully saturated rings. The SMILES string of the molecule is O=C(CCNC(=O)c1cccs1)NCC12CC3CC(CC(C3)C1)C2. The van der Waals surface area contributed by atoms with Gasteiger partial charge >= 0.3 is 0 Å². The molecule has 4 nitrogen and oxygen atoms in total. The molecule has 24 heavy (non-hydrogen) atoms. The van der Waals surface area contributed by atoms with Crippen molar-refractivity contribution >= 4 is 23.2 Å². The molecule has 0 atom stereocenters. The monoisotopic (exact) mass is 346 g/mol. The fourth-order valence-electron chi connectivity index (χ4n) is 5.67. The summed E-state index contributed by atoms with van der Waals surface area (Å²) in [5.74, 6) is 2.73. The molecule has 2 amide bonds. The third-order valence-electron chi connectivity index (χ3n) is 6.21. The first-order chi connectivity index (χ1) is 11.6. The zero-order valence-electron chi connectivity index (χ0n) is 14.1. The molecule has 5 heteroatoms. The minimum Gasteiger partial charge on any atom is -0.355 e. The van der Waals surface area contributed by atoms with Gasteiger partial charge in [-0.25, -0.2) is 0 Å². The fraction of sp³-hybridized carbons (Fsp3) is 0.684. The highest BCUT2D eigenvalue weighted by atomic mass is 32.1. The van der Waals surface area contributed by atoms with Crippen LogP contribution in [0.15, 0.2) is 17.5 Å². The lowest BCUT2D eigenvalue weighted by Crippen LogP contribution is -2.51. The Hall–Kier alpha value is -1.36. The van der Waals surface area contributed by atoms with Gasteiger partial charge in [-0.15, -0.1) is 11.3 Å². The van der Waals surface area contributed by atoms with E-state index in [-0.39, 0.29) is 11.8 Å². The van der Waals surface area contributed by atoms with Gasteiger partial charge in [0.05, 0.1) is 4.88 Å². The maximum atomic E-state index is 12.1. The molecule has 4 aliphatic rings. The maximum absolute atomic E-state index is 12.1. The van der Waals surface area contributed by atoms with Crippen molar-refractivity contribution in [2.75, 3.05) is 13.1 Å². The molecule has 5 rings (SSSR count). The predicted octanol–water partition coefficient (Wildman–Crippen LogP) is 3.20. The largest absolute Gasteiger partial charge is 0.355 e. The van der Waals surface area contributed by atoms with Crippen LogP contribution in [0, 0.1) is 23.2 Å². The van der Waals surface area contributed by atoms with Gasteiger partial charge < -0.3 is 10.6 Å². The number of hydrogen-bond donors (Lipinski definition) is 2. The Morgan fingerprint density at radius 2 is 1.75 bits per heavy atom. The molecular weight excluding hydrogens is 320 g/mol. The topological polar surface area (TPSA) is 58.2 Å². The van der Waals surface area contributed by atoms with E-state index in [4.69, 9.17) is 0 Å². The summed E-state index contributed by atoms with van der Waals surface area (Å²) in [4.78, 5) is 24.7. The van der Waals surface area contributed by atoms with E-state index >= 15 is 0 Å². The smallest absolute Gasteiger partial charge is 0.261 e. The van der Waals surface area contributed by atoms with E-state index in [2.05, 4.69) is 10.6 Å². The zero-order valence-corrected chi connectivity index (χ0v) is 14.9. The first-order valence-electron chi connectivity index (χ1n) is 9.20. The Bertz CT molecular complexity index is 576. The average molecular weight is 346 g/mol. The summed E-state index contributed by atoms with van der Waals surface area (Å²) in [7, 11) is 0. The van der Waals surface area contributed by atoms with Crippen molar-refractivity contribution in [1.29, 1.82) is 0 Å². The standard InChI is InChI=1S/C19H26N2O2S/c22-17(3-4-20-18(23)16-2-1-5-24-16)21-12-19-9-13-6-14(10-19)8-15(7-13)11-19/h1-2,5,13-15H,3-4,6-12H2,(H,20,23)(H,21,22). The van der Waals surface area contributed by atoms with Crippen LogP contribution in [0.2, 0.25) is 0 Å². The van der Waals surface area contributed by atoms with Gasteiger partial charge in [-0.3, -0.25) is 9.59 Å². The van der Waals surface area contributed by atoms with Crippen LogP contribution in [0.1, 0.15) is 54.6 Å².